The Morgan fingerprint density at radius 3 is 2.39 bits per heavy atom. The fourth-order valence-corrected chi connectivity index (χ4v) is 4.86. The van der Waals surface area contributed by atoms with E-state index >= 15 is 0 Å². The Morgan fingerprint density at radius 2 is 1.65 bits per heavy atom. The fraction of sp³-hybridized carbons (Fsp3) is 0.296. The summed E-state index contributed by atoms with van der Waals surface area (Å²) in [6.07, 6.45) is 3.45. The molecule has 31 heavy (non-hydrogen) atoms. The largest absolute Gasteiger partial charge is 0.507 e. The van der Waals surface area contributed by atoms with Crippen LogP contribution in [0.25, 0.3) is 22.4 Å². The van der Waals surface area contributed by atoms with Crippen LogP contribution >= 0.6 is 0 Å². The molecule has 4 nitrogen and oxygen atoms in total. The summed E-state index contributed by atoms with van der Waals surface area (Å²) in [5.74, 6) is 1.06. The van der Waals surface area contributed by atoms with Crippen LogP contribution in [0.4, 0.5) is 5.69 Å². The summed E-state index contributed by atoms with van der Waals surface area (Å²) >= 11 is 0. The van der Waals surface area contributed by atoms with Crippen molar-refractivity contribution in [3.8, 4) is 17.1 Å². The minimum atomic E-state index is 0.263. The lowest BCUT2D eigenvalue weighted by Gasteiger charge is -2.40. The van der Waals surface area contributed by atoms with Crippen LogP contribution < -0.4 is 4.90 Å². The highest BCUT2D eigenvalue weighted by atomic mass is 16.3. The van der Waals surface area contributed by atoms with E-state index in [-0.39, 0.29) is 5.75 Å². The number of fused-ring (bicyclic) bond motifs is 1. The average Bonchev–Trinajstić information content (AvgIpc) is 3.11. The number of aromatic hydroxyl groups is 1. The number of nitrogens with zero attached hydrogens (tertiary/aromatic N) is 3. The van der Waals surface area contributed by atoms with E-state index in [1.54, 1.807) is 6.07 Å². The Hall–Kier alpha value is -3.27. The Labute approximate surface area is 183 Å². The first-order valence-corrected chi connectivity index (χ1v) is 11.1. The molecule has 1 N–H and O–H groups in total. The summed E-state index contributed by atoms with van der Waals surface area (Å²) < 4.78 is 2.09. The van der Waals surface area contributed by atoms with Crippen LogP contribution in [0.2, 0.25) is 0 Å². The smallest absolute Gasteiger partial charge is 0.144 e. The van der Waals surface area contributed by atoms with Gasteiger partial charge >= 0.3 is 0 Å². The summed E-state index contributed by atoms with van der Waals surface area (Å²) in [6.45, 7) is 4.63. The van der Waals surface area contributed by atoms with Crippen LogP contribution in [0.3, 0.4) is 0 Å². The van der Waals surface area contributed by atoms with Crippen LogP contribution in [0.1, 0.15) is 25.3 Å². The molecule has 0 bridgehead atoms. The molecule has 4 heteroatoms. The topological polar surface area (TPSA) is 41.3 Å². The van der Waals surface area contributed by atoms with Crippen molar-refractivity contribution in [2.75, 3.05) is 18.0 Å². The number of phenols is 1. The van der Waals surface area contributed by atoms with Crippen LogP contribution in [0.5, 0.6) is 5.75 Å². The van der Waals surface area contributed by atoms with Gasteiger partial charge in [-0.25, -0.2) is 4.98 Å². The second-order valence-electron chi connectivity index (χ2n) is 9.14. The van der Waals surface area contributed by atoms with E-state index in [0.717, 1.165) is 41.9 Å². The van der Waals surface area contributed by atoms with Gasteiger partial charge in [-0.1, -0.05) is 43.3 Å². The molecule has 0 aliphatic carbocycles. The number of hydrogen-bond donors (Lipinski definition) is 1. The summed E-state index contributed by atoms with van der Waals surface area (Å²) in [4.78, 5) is 7.29. The number of hydrogen-bond acceptors (Lipinski definition) is 3. The Kier molecular flexibility index (Phi) is 4.93. The Bertz CT molecular complexity index is 1200. The molecule has 1 aliphatic rings. The molecule has 158 valence electrons. The maximum Gasteiger partial charge on any atom is 0.144 e. The van der Waals surface area contributed by atoms with Gasteiger partial charge in [-0.05, 0) is 66.6 Å². The minimum absolute atomic E-state index is 0.263. The van der Waals surface area contributed by atoms with Gasteiger partial charge in [0.2, 0.25) is 0 Å². The zero-order valence-electron chi connectivity index (χ0n) is 18.3. The summed E-state index contributed by atoms with van der Waals surface area (Å²) in [6, 6.07) is 24.8. The lowest BCUT2D eigenvalue weighted by atomic mass is 9.75. The molecule has 1 aliphatic heterocycles. The number of anilines is 1. The molecule has 2 heterocycles. The second-order valence-corrected chi connectivity index (χ2v) is 9.14. The standard InChI is InChI=1S/C27H29N3O/c1-27(14-16-30(17-15-27)21-8-4-3-5-9-21)19-20-12-13-23-24(18-20)29(2)26(28-23)22-10-6-7-11-25(22)31/h3-13,18,31H,14-17,19H2,1-2H3. The molecular formula is C27H29N3O. The van der Waals surface area contributed by atoms with Gasteiger partial charge in [0.05, 0.1) is 16.6 Å². The van der Waals surface area contributed by atoms with Crippen molar-refractivity contribution in [2.24, 2.45) is 12.5 Å². The summed E-state index contributed by atoms with van der Waals surface area (Å²) in [7, 11) is 2.03. The second kappa shape index (κ2) is 7.77. The number of aryl methyl sites for hydroxylation is 1. The van der Waals surface area contributed by atoms with Gasteiger partial charge in [0.25, 0.3) is 0 Å². The molecule has 4 aromatic rings. The highest BCUT2D eigenvalue weighted by molar-refractivity contribution is 5.82. The van der Waals surface area contributed by atoms with Crippen LogP contribution in [-0.4, -0.2) is 27.7 Å². The molecule has 0 atom stereocenters. The summed E-state index contributed by atoms with van der Waals surface area (Å²) in [5, 5.41) is 10.3. The predicted octanol–water partition coefficient (Wildman–Crippen LogP) is 5.80. The van der Waals surface area contributed by atoms with Gasteiger partial charge in [0.1, 0.15) is 11.6 Å². The number of para-hydroxylation sites is 2. The highest BCUT2D eigenvalue weighted by Crippen LogP contribution is 2.37. The molecule has 0 unspecified atom stereocenters. The first kappa shape index (κ1) is 19.7. The van der Waals surface area contributed by atoms with E-state index in [2.05, 4.69) is 64.9 Å². The van der Waals surface area contributed by atoms with Gasteiger partial charge in [-0.15, -0.1) is 0 Å². The first-order chi connectivity index (χ1) is 15.0. The molecule has 0 radical (unpaired) electrons. The molecule has 1 fully saturated rings. The third-order valence-corrected chi connectivity index (χ3v) is 6.81. The monoisotopic (exact) mass is 411 g/mol. The van der Waals surface area contributed by atoms with Crippen molar-refractivity contribution in [2.45, 2.75) is 26.2 Å². The lowest BCUT2D eigenvalue weighted by molar-refractivity contribution is 0.246. The lowest BCUT2D eigenvalue weighted by Crippen LogP contribution is -2.39. The number of phenolic OH excluding ortho intramolecular Hbond substituents is 1. The minimum Gasteiger partial charge on any atom is -0.507 e. The third-order valence-electron chi connectivity index (χ3n) is 6.81. The number of aromatic nitrogens is 2. The maximum absolute atomic E-state index is 10.3. The molecule has 1 aromatic heterocycles. The SMILES string of the molecule is Cn1c(-c2ccccc2O)nc2ccc(CC3(C)CCN(c4ccccc4)CC3)cc21. The quantitative estimate of drug-likeness (QED) is 0.462. The Balaban J connectivity index is 1.36. The number of benzene rings is 3. The van der Waals surface area contributed by atoms with Gasteiger partial charge in [0, 0.05) is 25.8 Å². The van der Waals surface area contributed by atoms with E-state index in [1.807, 2.05) is 25.2 Å². The molecule has 0 saturated carbocycles. The average molecular weight is 412 g/mol. The maximum atomic E-state index is 10.3. The van der Waals surface area contributed by atoms with Crippen LogP contribution in [0, 0.1) is 5.41 Å². The van der Waals surface area contributed by atoms with E-state index in [0.29, 0.717) is 5.41 Å². The van der Waals surface area contributed by atoms with Crippen molar-refractivity contribution in [1.29, 1.82) is 0 Å². The van der Waals surface area contributed by atoms with Crippen molar-refractivity contribution in [3.05, 3.63) is 78.4 Å². The van der Waals surface area contributed by atoms with Gasteiger partial charge < -0.3 is 14.6 Å². The molecule has 0 spiro atoms. The van der Waals surface area contributed by atoms with E-state index in [4.69, 9.17) is 4.98 Å². The summed E-state index contributed by atoms with van der Waals surface area (Å²) in [5.41, 5.74) is 5.84. The van der Waals surface area contributed by atoms with Crippen molar-refractivity contribution in [3.63, 3.8) is 0 Å². The normalized spacial score (nSPS) is 16.0. The van der Waals surface area contributed by atoms with Crippen molar-refractivity contribution in [1.82, 2.24) is 9.55 Å². The predicted molar refractivity (Wildman–Crippen MR) is 128 cm³/mol. The van der Waals surface area contributed by atoms with Crippen LogP contribution in [0.15, 0.2) is 72.8 Å². The fourth-order valence-electron chi connectivity index (χ4n) is 4.86. The van der Waals surface area contributed by atoms with E-state index < -0.39 is 0 Å². The molecule has 1 saturated heterocycles. The van der Waals surface area contributed by atoms with E-state index in [1.165, 1.54) is 24.1 Å². The first-order valence-electron chi connectivity index (χ1n) is 11.1. The third kappa shape index (κ3) is 3.78. The van der Waals surface area contributed by atoms with Gasteiger partial charge in [0.15, 0.2) is 0 Å². The highest BCUT2D eigenvalue weighted by Gasteiger charge is 2.30. The van der Waals surface area contributed by atoms with Crippen molar-refractivity contribution >= 4 is 16.7 Å². The molecule has 5 rings (SSSR count). The number of piperidine rings is 1. The number of imidazole rings is 1. The van der Waals surface area contributed by atoms with Gasteiger partial charge in [-0.2, -0.15) is 0 Å². The van der Waals surface area contributed by atoms with E-state index in [9.17, 15) is 5.11 Å². The number of rotatable bonds is 4. The van der Waals surface area contributed by atoms with Crippen molar-refractivity contribution < 1.29 is 5.11 Å². The van der Waals surface area contributed by atoms with Gasteiger partial charge in [-0.3, -0.25) is 0 Å². The van der Waals surface area contributed by atoms with Crippen LogP contribution in [-0.2, 0) is 13.5 Å². The zero-order valence-corrected chi connectivity index (χ0v) is 18.3. The zero-order chi connectivity index (χ0) is 21.4. The Morgan fingerprint density at radius 1 is 0.935 bits per heavy atom. The molecular weight excluding hydrogens is 382 g/mol. The molecule has 0 amide bonds. The molecule has 3 aromatic carbocycles.